The van der Waals surface area contributed by atoms with Crippen molar-refractivity contribution >= 4 is 28.2 Å². The number of thiophene rings is 1. The van der Waals surface area contributed by atoms with E-state index >= 15 is 0 Å². The summed E-state index contributed by atoms with van der Waals surface area (Å²) in [5, 5.41) is 3.35. The van der Waals surface area contributed by atoms with Crippen molar-refractivity contribution in [2.45, 2.75) is 27.3 Å². The van der Waals surface area contributed by atoms with E-state index in [0.717, 1.165) is 16.0 Å². The highest BCUT2D eigenvalue weighted by molar-refractivity contribution is 7.16. The molecule has 1 amide bonds. The van der Waals surface area contributed by atoms with Crippen LogP contribution in [0.4, 0.5) is 5.00 Å². The van der Waals surface area contributed by atoms with Gasteiger partial charge in [-0.1, -0.05) is 0 Å². The molecule has 0 aliphatic carbocycles. The van der Waals surface area contributed by atoms with Gasteiger partial charge in [0, 0.05) is 17.0 Å². The predicted octanol–water partition coefficient (Wildman–Crippen LogP) is 2.39. The Labute approximate surface area is 133 Å². The highest BCUT2D eigenvalue weighted by atomic mass is 32.1. The molecule has 0 aliphatic rings. The molecule has 0 atom stereocenters. The number of esters is 1. The molecule has 6 heteroatoms. The Hall–Kier alpha value is -2.21. The number of hydrogen-bond donors (Lipinski definition) is 1. The first-order valence-corrected chi connectivity index (χ1v) is 7.68. The summed E-state index contributed by atoms with van der Waals surface area (Å²) in [4.78, 5) is 25.0. The molecule has 0 aromatic carbocycles. The minimum Gasteiger partial charge on any atom is -0.465 e. The van der Waals surface area contributed by atoms with Gasteiger partial charge in [-0.2, -0.15) is 4.57 Å². The zero-order chi connectivity index (χ0) is 16.3. The molecule has 0 fully saturated rings. The van der Waals surface area contributed by atoms with E-state index in [0.29, 0.717) is 10.6 Å². The third-order valence-electron chi connectivity index (χ3n) is 3.41. The molecule has 2 rings (SSSR count). The van der Waals surface area contributed by atoms with Crippen LogP contribution in [0.25, 0.3) is 0 Å². The number of nitrogens with zero attached hydrogens (tertiary/aromatic N) is 1. The molecule has 0 radical (unpaired) electrons. The Bertz CT molecular complexity index is 705. The zero-order valence-corrected chi connectivity index (χ0v) is 13.9. The van der Waals surface area contributed by atoms with Crippen LogP contribution in [0.5, 0.6) is 0 Å². The fourth-order valence-corrected chi connectivity index (χ4v) is 3.10. The number of aryl methyl sites for hydroxylation is 2. The molecule has 2 aromatic heterocycles. The van der Waals surface area contributed by atoms with Gasteiger partial charge < -0.3 is 10.1 Å². The van der Waals surface area contributed by atoms with Crippen molar-refractivity contribution in [1.29, 1.82) is 0 Å². The average Bonchev–Trinajstić information content (AvgIpc) is 2.75. The van der Waals surface area contributed by atoms with Crippen LogP contribution in [0.1, 0.15) is 26.4 Å². The molecular formula is C16H19N2O3S+. The maximum Gasteiger partial charge on any atom is 0.341 e. The van der Waals surface area contributed by atoms with E-state index in [4.69, 9.17) is 4.74 Å². The van der Waals surface area contributed by atoms with Gasteiger partial charge in [-0.15, -0.1) is 11.3 Å². The molecule has 5 nitrogen and oxygen atoms in total. The van der Waals surface area contributed by atoms with Crippen LogP contribution in [0.3, 0.4) is 0 Å². The van der Waals surface area contributed by atoms with Crippen LogP contribution in [0.2, 0.25) is 0 Å². The second-order valence-corrected chi connectivity index (χ2v) is 6.30. The number of carbonyl (C=O) groups is 2. The lowest BCUT2D eigenvalue weighted by Gasteiger charge is -2.04. The molecule has 0 saturated carbocycles. The summed E-state index contributed by atoms with van der Waals surface area (Å²) < 4.78 is 6.58. The van der Waals surface area contributed by atoms with Crippen LogP contribution in [-0.4, -0.2) is 19.0 Å². The van der Waals surface area contributed by atoms with Crippen LogP contribution < -0.4 is 9.88 Å². The first-order valence-electron chi connectivity index (χ1n) is 6.86. The monoisotopic (exact) mass is 319 g/mol. The van der Waals surface area contributed by atoms with Gasteiger partial charge >= 0.3 is 5.97 Å². The predicted molar refractivity (Wildman–Crippen MR) is 85.1 cm³/mol. The molecule has 0 aliphatic heterocycles. The normalized spacial score (nSPS) is 10.4. The number of carbonyl (C=O) groups excluding carboxylic acids is 2. The summed E-state index contributed by atoms with van der Waals surface area (Å²) in [5.41, 5.74) is 2.41. The van der Waals surface area contributed by atoms with Crippen molar-refractivity contribution in [3.8, 4) is 0 Å². The summed E-state index contributed by atoms with van der Waals surface area (Å²) in [6.07, 6.45) is 3.70. The lowest BCUT2D eigenvalue weighted by molar-refractivity contribution is -0.684. The van der Waals surface area contributed by atoms with Gasteiger partial charge in [0.25, 0.3) is 5.91 Å². The van der Waals surface area contributed by atoms with Crippen LogP contribution in [0, 0.1) is 20.8 Å². The van der Waals surface area contributed by atoms with Gasteiger partial charge in [-0.3, -0.25) is 4.79 Å². The van der Waals surface area contributed by atoms with Gasteiger partial charge in [0.15, 0.2) is 12.4 Å². The minimum absolute atomic E-state index is 0.180. The molecule has 0 unspecified atom stereocenters. The largest absolute Gasteiger partial charge is 0.465 e. The van der Waals surface area contributed by atoms with Crippen molar-refractivity contribution in [3.05, 3.63) is 46.1 Å². The first kappa shape index (κ1) is 16.2. The van der Waals surface area contributed by atoms with E-state index < -0.39 is 5.97 Å². The summed E-state index contributed by atoms with van der Waals surface area (Å²) in [5.74, 6) is -0.611. The lowest BCUT2D eigenvalue weighted by atomic mass is 10.1. The fraction of sp³-hybridized carbons (Fsp3) is 0.312. The second kappa shape index (κ2) is 6.70. The Morgan fingerprint density at radius 1 is 1.23 bits per heavy atom. The maximum absolute atomic E-state index is 12.2. The Morgan fingerprint density at radius 3 is 2.45 bits per heavy atom. The SMILES string of the molecule is COC(=O)c1c(NC(=O)C[n+]2ccc(C)cc2)sc(C)c1C. The number of anilines is 1. The average molecular weight is 319 g/mol. The van der Waals surface area contributed by atoms with Gasteiger partial charge in [-0.05, 0) is 31.9 Å². The number of ether oxygens (including phenoxy) is 1. The van der Waals surface area contributed by atoms with Crippen molar-refractivity contribution in [1.82, 2.24) is 0 Å². The quantitative estimate of drug-likeness (QED) is 0.695. The zero-order valence-electron chi connectivity index (χ0n) is 13.1. The topological polar surface area (TPSA) is 59.3 Å². The summed E-state index contributed by atoms with van der Waals surface area (Å²) in [6, 6.07) is 3.87. The van der Waals surface area contributed by atoms with Crippen LogP contribution in [0.15, 0.2) is 24.5 Å². The number of aromatic nitrogens is 1. The van der Waals surface area contributed by atoms with Crippen molar-refractivity contribution in [2.75, 3.05) is 12.4 Å². The maximum atomic E-state index is 12.2. The molecule has 1 N–H and O–H groups in total. The van der Waals surface area contributed by atoms with E-state index in [1.807, 2.05) is 45.3 Å². The Kier molecular flexibility index (Phi) is 4.92. The fourth-order valence-electron chi connectivity index (χ4n) is 2.03. The van der Waals surface area contributed by atoms with E-state index in [9.17, 15) is 9.59 Å². The molecule has 116 valence electrons. The highest BCUT2D eigenvalue weighted by Gasteiger charge is 2.22. The summed E-state index contributed by atoms with van der Waals surface area (Å²) in [6.45, 7) is 5.94. The number of methoxy groups -OCH3 is 1. The number of amides is 1. The van der Waals surface area contributed by atoms with Crippen molar-refractivity contribution < 1.29 is 18.9 Å². The standard InChI is InChI=1S/C16H18N2O3S/c1-10-5-7-18(8-6-10)9-13(19)17-15-14(16(20)21-4)11(2)12(3)22-15/h5-8H,9H2,1-4H3/p+1. The molecule has 0 bridgehead atoms. The van der Waals surface area contributed by atoms with Crippen LogP contribution in [-0.2, 0) is 16.1 Å². The minimum atomic E-state index is -0.430. The molecule has 22 heavy (non-hydrogen) atoms. The number of pyridine rings is 1. The van der Waals surface area contributed by atoms with E-state index in [1.54, 1.807) is 4.57 Å². The lowest BCUT2D eigenvalue weighted by Crippen LogP contribution is -2.39. The molecular weight excluding hydrogens is 300 g/mol. The highest BCUT2D eigenvalue weighted by Crippen LogP contribution is 2.32. The van der Waals surface area contributed by atoms with E-state index in [2.05, 4.69) is 5.32 Å². The van der Waals surface area contributed by atoms with Gasteiger partial charge in [0.1, 0.15) is 5.00 Å². The van der Waals surface area contributed by atoms with Crippen molar-refractivity contribution in [2.24, 2.45) is 0 Å². The number of hydrogen-bond acceptors (Lipinski definition) is 4. The molecule has 2 aromatic rings. The second-order valence-electron chi connectivity index (χ2n) is 5.07. The van der Waals surface area contributed by atoms with Gasteiger partial charge in [0.05, 0.1) is 12.7 Å². The Balaban J connectivity index is 2.16. The van der Waals surface area contributed by atoms with E-state index in [-0.39, 0.29) is 12.5 Å². The van der Waals surface area contributed by atoms with E-state index in [1.165, 1.54) is 18.4 Å². The molecule has 2 heterocycles. The van der Waals surface area contributed by atoms with Crippen LogP contribution >= 0.6 is 11.3 Å². The van der Waals surface area contributed by atoms with Gasteiger partial charge in [-0.25, -0.2) is 4.79 Å². The third-order valence-corrected chi connectivity index (χ3v) is 4.53. The smallest absolute Gasteiger partial charge is 0.341 e. The molecule has 0 saturated heterocycles. The molecule has 0 spiro atoms. The number of nitrogens with one attached hydrogen (secondary N) is 1. The summed E-state index contributed by atoms with van der Waals surface area (Å²) in [7, 11) is 1.34. The third kappa shape index (κ3) is 3.51. The van der Waals surface area contributed by atoms with Gasteiger partial charge in [0.2, 0.25) is 6.54 Å². The summed E-state index contributed by atoms with van der Waals surface area (Å²) >= 11 is 1.38. The first-order chi connectivity index (χ1) is 10.4. The Morgan fingerprint density at radius 2 is 1.86 bits per heavy atom. The van der Waals surface area contributed by atoms with Crippen molar-refractivity contribution in [3.63, 3.8) is 0 Å². The number of rotatable bonds is 4.